The zero-order valence-corrected chi connectivity index (χ0v) is 29.1. The maximum absolute atomic E-state index is 14.3. The lowest BCUT2D eigenvalue weighted by atomic mass is 9.98. The maximum atomic E-state index is 14.3. The molecular weight excluding hydrogens is 641 g/mol. The summed E-state index contributed by atoms with van der Waals surface area (Å²) < 4.78 is 39.7. The fourth-order valence-electron chi connectivity index (χ4n) is 6.12. The average molecular weight is 686 g/mol. The Morgan fingerprint density at radius 2 is 1.62 bits per heavy atom. The van der Waals surface area contributed by atoms with Gasteiger partial charge in [-0.05, 0) is 90.4 Å². The Hall–Kier alpha value is -3.31. The first kappa shape index (κ1) is 36.5. The highest BCUT2D eigenvalue weighted by Crippen LogP contribution is 2.29. The van der Waals surface area contributed by atoms with Crippen molar-refractivity contribution in [1.82, 2.24) is 15.1 Å². The van der Waals surface area contributed by atoms with Crippen LogP contribution in [0.25, 0.3) is 0 Å². The summed E-state index contributed by atoms with van der Waals surface area (Å²) in [6, 6.07) is 14.3. The average Bonchev–Trinajstić information content (AvgIpc) is 3.01. The topological polar surface area (TPSA) is 107 Å². The third kappa shape index (κ3) is 9.85. The molecule has 8 nitrogen and oxygen atoms in total. The molecule has 254 valence electrons. The summed E-state index contributed by atoms with van der Waals surface area (Å²) in [6.45, 7) is 8.86. The lowest BCUT2D eigenvalue weighted by molar-refractivity contribution is 0.0600. The van der Waals surface area contributed by atoms with Crippen LogP contribution < -0.4 is 5.32 Å². The van der Waals surface area contributed by atoms with Gasteiger partial charge in [0.05, 0.1) is 17.6 Å². The molecule has 3 aromatic rings. The quantitative estimate of drug-likeness (QED) is 0.220. The van der Waals surface area contributed by atoms with Crippen LogP contribution in [-0.2, 0) is 28.6 Å². The molecule has 2 amide bonds. The number of fused-ring (bicyclic) bond motifs is 1. The number of benzene rings is 3. The van der Waals surface area contributed by atoms with Crippen LogP contribution in [0.3, 0.4) is 0 Å². The molecule has 4 rings (SSSR count). The Bertz CT molecular complexity index is 1670. The molecule has 47 heavy (non-hydrogen) atoms. The lowest BCUT2D eigenvalue weighted by Gasteiger charge is -2.30. The molecular formula is C36H45ClFN3O5S. The first-order chi connectivity index (χ1) is 22.3. The second-order valence-corrected chi connectivity index (χ2v) is 14.9. The summed E-state index contributed by atoms with van der Waals surface area (Å²) in [7, 11) is -3.35. The van der Waals surface area contributed by atoms with Gasteiger partial charge in [0, 0.05) is 54.9 Å². The molecule has 0 bridgehead atoms. The van der Waals surface area contributed by atoms with Crippen molar-refractivity contribution >= 4 is 33.3 Å². The largest absolute Gasteiger partial charge is 0.390 e. The molecule has 0 saturated carbocycles. The number of hydrogen-bond acceptors (Lipinski definition) is 6. The summed E-state index contributed by atoms with van der Waals surface area (Å²) in [5.41, 5.74) is 4.55. The van der Waals surface area contributed by atoms with Crippen molar-refractivity contribution in [3.63, 3.8) is 0 Å². The smallest absolute Gasteiger partial charge is 0.254 e. The van der Waals surface area contributed by atoms with Gasteiger partial charge in [-0.3, -0.25) is 9.59 Å². The predicted molar refractivity (Wildman–Crippen MR) is 184 cm³/mol. The number of aliphatic hydroxyl groups excluding tert-OH is 1. The molecule has 11 heteroatoms. The Labute approximate surface area is 282 Å². The molecule has 2 N–H and O–H groups in total. The molecule has 0 fully saturated rings. The third-order valence-corrected chi connectivity index (χ3v) is 10.1. The number of aryl methyl sites for hydroxylation is 2. The van der Waals surface area contributed by atoms with E-state index < -0.39 is 33.7 Å². The molecule has 0 spiro atoms. The number of rotatable bonds is 14. The van der Waals surface area contributed by atoms with Crippen LogP contribution in [-0.4, -0.2) is 73.2 Å². The molecule has 0 aromatic heterocycles. The second kappa shape index (κ2) is 16.2. The van der Waals surface area contributed by atoms with Gasteiger partial charge in [0.2, 0.25) is 0 Å². The van der Waals surface area contributed by atoms with E-state index in [0.717, 1.165) is 41.5 Å². The first-order valence-corrected chi connectivity index (χ1v) is 18.4. The number of nitrogens with zero attached hydrogens (tertiary/aromatic N) is 2. The minimum atomic E-state index is -3.35. The van der Waals surface area contributed by atoms with Crippen LogP contribution in [0.5, 0.6) is 0 Å². The van der Waals surface area contributed by atoms with Gasteiger partial charge in [0.25, 0.3) is 11.8 Å². The number of halogens is 2. The van der Waals surface area contributed by atoms with E-state index in [1.165, 1.54) is 17.0 Å². The number of carbonyl (C=O) groups excluding carboxylic acids is 2. The van der Waals surface area contributed by atoms with Crippen molar-refractivity contribution in [2.75, 3.05) is 31.9 Å². The monoisotopic (exact) mass is 685 g/mol. The van der Waals surface area contributed by atoms with Gasteiger partial charge in [-0.2, -0.15) is 0 Å². The van der Waals surface area contributed by atoms with Crippen LogP contribution in [0.1, 0.15) is 88.2 Å². The SMILES string of the molecule is CCCN(CCC)C(=O)c1cc(C)cc(C(=O)N(Cc2cc(F)cc(Cl)c2)CC(O)CNC2CS(=O)(=O)Cc3ccc(CC)cc32)c1. The van der Waals surface area contributed by atoms with Gasteiger partial charge in [-0.1, -0.05) is 50.6 Å². The Morgan fingerprint density at radius 1 is 0.957 bits per heavy atom. The molecule has 2 unspecified atom stereocenters. The highest BCUT2D eigenvalue weighted by Gasteiger charge is 2.31. The van der Waals surface area contributed by atoms with Crippen molar-refractivity contribution in [2.24, 2.45) is 0 Å². The van der Waals surface area contributed by atoms with Gasteiger partial charge in [0.1, 0.15) is 5.82 Å². The fraction of sp³-hybridized carbons (Fsp3) is 0.444. The normalized spacial score (nSPS) is 15.9. The Morgan fingerprint density at radius 3 is 2.23 bits per heavy atom. The van der Waals surface area contributed by atoms with Crippen LogP contribution in [0, 0.1) is 12.7 Å². The molecule has 2 atom stereocenters. The summed E-state index contributed by atoms with van der Waals surface area (Å²) >= 11 is 6.12. The molecule has 1 aliphatic rings. The van der Waals surface area contributed by atoms with Gasteiger partial charge in [-0.25, -0.2) is 12.8 Å². The summed E-state index contributed by atoms with van der Waals surface area (Å²) in [5, 5.41) is 14.6. The second-order valence-electron chi connectivity index (χ2n) is 12.4. The molecule has 3 aromatic carbocycles. The molecule has 1 aliphatic heterocycles. The number of carbonyl (C=O) groups is 2. The number of hydrogen-bond donors (Lipinski definition) is 2. The number of amides is 2. The number of nitrogens with one attached hydrogen (secondary N) is 1. The van der Waals surface area contributed by atoms with Crippen molar-refractivity contribution in [2.45, 2.75) is 71.4 Å². The van der Waals surface area contributed by atoms with Gasteiger partial charge in [0.15, 0.2) is 9.84 Å². The Kier molecular flexibility index (Phi) is 12.6. The van der Waals surface area contributed by atoms with E-state index in [1.54, 1.807) is 29.2 Å². The van der Waals surface area contributed by atoms with E-state index in [2.05, 4.69) is 5.32 Å². The van der Waals surface area contributed by atoms with Crippen LogP contribution in [0.15, 0.2) is 54.6 Å². The number of aliphatic hydroxyl groups is 1. The standard InChI is InChI=1S/C36H45ClFN3O5S/c1-5-10-40(11-6-2)35(43)28-12-24(4)13-29(17-28)36(44)41(20-26-14-30(37)18-31(38)15-26)21-32(42)19-39-34-23-47(45,46)22-27-9-8-25(7-3)16-33(27)34/h8-9,12-18,32,34,39,42H,5-7,10-11,19-23H2,1-4H3. The minimum absolute atomic E-state index is 0.00418. The van der Waals surface area contributed by atoms with E-state index in [-0.39, 0.29) is 47.6 Å². The third-order valence-electron chi connectivity index (χ3n) is 8.25. The van der Waals surface area contributed by atoms with Crippen molar-refractivity contribution in [3.8, 4) is 0 Å². The van der Waals surface area contributed by atoms with Crippen molar-refractivity contribution in [3.05, 3.63) is 104 Å². The van der Waals surface area contributed by atoms with Crippen molar-refractivity contribution < 1.29 is 27.5 Å². The van der Waals surface area contributed by atoms with Crippen molar-refractivity contribution in [1.29, 1.82) is 0 Å². The predicted octanol–water partition coefficient (Wildman–Crippen LogP) is 5.87. The summed E-state index contributed by atoms with van der Waals surface area (Å²) in [4.78, 5) is 30.7. The molecule has 1 heterocycles. The lowest BCUT2D eigenvalue weighted by Crippen LogP contribution is -2.43. The maximum Gasteiger partial charge on any atom is 0.254 e. The zero-order valence-electron chi connectivity index (χ0n) is 27.6. The molecule has 0 aliphatic carbocycles. The van der Waals surface area contributed by atoms with E-state index >= 15 is 0 Å². The molecule has 0 radical (unpaired) electrons. The fourth-order valence-corrected chi connectivity index (χ4v) is 8.02. The van der Waals surface area contributed by atoms with Crippen LogP contribution >= 0.6 is 11.6 Å². The Balaban J connectivity index is 1.59. The van der Waals surface area contributed by atoms with Crippen LogP contribution in [0.4, 0.5) is 4.39 Å². The number of sulfone groups is 1. The van der Waals surface area contributed by atoms with Gasteiger partial charge >= 0.3 is 0 Å². The minimum Gasteiger partial charge on any atom is -0.390 e. The summed E-state index contributed by atoms with van der Waals surface area (Å²) in [5.74, 6) is -1.29. The summed E-state index contributed by atoms with van der Waals surface area (Å²) in [6.07, 6.45) is 1.31. The first-order valence-electron chi connectivity index (χ1n) is 16.2. The van der Waals surface area contributed by atoms with Gasteiger partial charge in [-0.15, -0.1) is 0 Å². The van der Waals surface area contributed by atoms with Crippen LogP contribution in [0.2, 0.25) is 5.02 Å². The van der Waals surface area contributed by atoms with Gasteiger partial charge < -0.3 is 20.2 Å². The highest BCUT2D eigenvalue weighted by molar-refractivity contribution is 7.90. The van der Waals surface area contributed by atoms with E-state index in [4.69, 9.17) is 11.6 Å². The van der Waals surface area contributed by atoms with E-state index in [0.29, 0.717) is 24.2 Å². The molecule has 0 saturated heterocycles. The zero-order chi connectivity index (χ0) is 34.3. The van der Waals surface area contributed by atoms with E-state index in [1.807, 2.05) is 45.9 Å². The van der Waals surface area contributed by atoms with E-state index in [9.17, 15) is 27.5 Å². The highest BCUT2D eigenvalue weighted by atomic mass is 35.5.